The van der Waals surface area contributed by atoms with Crippen molar-refractivity contribution in [2.75, 3.05) is 78.9 Å². The summed E-state index contributed by atoms with van der Waals surface area (Å²) in [6.07, 6.45) is 7.40. The van der Waals surface area contributed by atoms with Crippen molar-refractivity contribution in [2.45, 2.75) is 194 Å². The van der Waals surface area contributed by atoms with Crippen LogP contribution in [0.5, 0.6) is 0 Å². The number of rotatable bonds is 41. The van der Waals surface area contributed by atoms with Crippen molar-refractivity contribution in [3.05, 3.63) is 35.9 Å². The molecule has 1 rings (SSSR count). The summed E-state index contributed by atoms with van der Waals surface area (Å²) in [5.74, 6) is -1.33. The van der Waals surface area contributed by atoms with Gasteiger partial charge in [-0.2, -0.15) is 0 Å². The van der Waals surface area contributed by atoms with Crippen molar-refractivity contribution < 1.29 is 71.5 Å². The Morgan fingerprint density at radius 1 is 0.385 bits per heavy atom. The molecule has 1 aromatic rings. The number of benzene rings is 1. The second-order valence-electron chi connectivity index (χ2n) is 22.1. The van der Waals surface area contributed by atoms with E-state index in [0.717, 1.165) is 50.5 Å². The summed E-state index contributed by atoms with van der Waals surface area (Å²) in [7, 11) is 0. The minimum absolute atomic E-state index is 0.00649. The van der Waals surface area contributed by atoms with E-state index in [-0.39, 0.29) is 102 Å². The maximum absolute atomic E-state index is 13.7. The van der Waals surface area contributed by atoms with Crippen molar-refractivity contribution in [3.8, 4) is 0 Å². The second-order valence-corrected chi connectivity index (χ2v) is 22.1. The van der Waals surface area contributed by atoms with E-state index in [1.54, 1.807) is 62.3 Å². The fourth-order valence-electron chi connectivity index (χ4n) is 7.04. The number of hydrogen-bond acceptors (Lipinski definition) is 15. The number of hydrogen-bond donors (Lipinski definition) is 7. The molecule has 0 saturated carbocycles. The molecule has 7 amide bonds. The first-order valence-electron chi connectivity index (χ1n) is 27.8. The van der Waals surface area contributed by atoms with Crippen LogP contribution < -0.4 is 37.2 Å². The van der Waals surface area contributed by atoms with Gasteiger partial charge >= 0.3 is 24.2 Å². The Morgan fingerprint density at radius 2 is 0.718 bits per heavy atom. The van der Waals surface area contributed by atoms with Crippen LogP contribution >= 0.6 is 0 Å². The number of nitrogens with one attached hydrogen (secondary N) is 7. The predicted octanol–water partition coefficient (Wildman–Crippen LogP) is 6.80. The first kappa shape index (κ1) is 70.3. The quantitative estimate of drug-likeness (QED) is 0.0202. The van der Waals surface area contributed by atoms with E-state index in [1.807, 2.05) is 30.3 Å². The standard InChI is InChI=1S/C56H97N7O15/c1-53(2,3)76-50(69)60-34-21-31-57-45(64)28-37-72-41-56(42-73-38-29-46(65)58-32-22-35-61-51(70)77-54(4,5)6,43-74-39-30-47(66)59-33-23-36-62-52(71)78-55(7,8)9)63-48(67)26-19-14-12-10-11-13-15-20-27-49(68)75-40-44-24-17-16-18-25-44/h16-18,24-25H,10-15,19-23,26-43H2,1-9H3,(H,57,64)(H,58,65)(H,59,66)(H,60,69)(H,61,70)(H,62,71)(H,63,67). The number of ether oxygens (including phenoxy) is 7. The molecular weight excluding hydrogens is 1010 g/mol. The highest BCUT2D eigenvalue weighted by Crippen LogP contribution is 2.15. The van der Waals surface area contributed by atoms with Crippen molar-refractivity contribution in [1.29, 1.82) is 0 Å². The third kappa shape index (κ3) is 43.3. The van der Waals surface area contributed by atoms with E-state index in [1.165, 1.54) is 0 Å². The van der Waals surface area contributed by atoms with Crippen molar-refractivity contribution >= 4 is 47.9 Å². The molecule has 78 heavy (non-hydrogen) atoms. The molecule has 446 valence electrons. The van der Waals surface area contributed by atoms with Gasteiger partial charge in [-0.1, -0.05) is 68.9 Å². The van der Waals surface area contributed by atoms with Gasteiger partial charge in [0.15, 0.2) is 0 Å². The van der Waals surface area contributed by atoms with Crippen molar-refractivity contribution in [1.82, 2.24) is 37.2 Å². The number of alkyl carbamates (subject to hydrolysis) is 3. The minimum atomic E-state index is -1.29. The summed E-state index contributed by atoms with van der Waals surface area (Å²) in [6, 6.07) is 9.58. The van der Waals surface area contributed by atoms with E-state index in [0.29, 0.717) is 71.4 Å². The van der Waals surface area contributed by atoms with Gasteiger partial charge in [0.25, 0.3) is 0 Å². The zero-order valence-electron chi connectivity index (χ0n) is 48.5. The van der Waals surface area contributed by atoms with Gasteiger partial charge in [0.1, 0.15) is 28.9 Å². The van der Waals surface area contributed by atoms with Gasteiger partial charge in [0, 0.05) is 71.4 Å². The number of esters is 1. The van der Waals surface area contributed by atoms with Crippen LogP contribution in [0.3, 0.4) is 0 Å². The topological polar surface area (TPSA) is 285 Å². The lowest BCUT2D eigenvalue weighted by Crippen LogP contribution is -2.58. The fraction of sp³-hybridized carbons (Fsp3) is 0.750. The van der Waals surface area contributed by atoms with Gasteiger partial charge in [-0.25, -0.2) is 14.4 Å². The molecule has 0 aliphatic heterocycles. The van der Waals surface area contributed by atoms with E-state index >= 15 is 0 Å². The molecule has 22 nitrogen and oxygen atoms in total. The minimum Gasteiger partial charge on any atom is -0.461 e. The molecule has 0 fully saturated rings. The van der Waals surface area contributed by atoms with Gasteiger partial charge in [-0.3, -0.25) is 24.0 Å². The summed E-state index contributed by atoms with van der Waals surface area (Å²) >= 11 is 0. The molecule has 0 heterocycles. The zero-order valence-corrected chi connectivity index (χ0v) is 48.5. The predicted molar refractivity (Wildman–Crippen MR) is 295 cm³/mol. The second kappa shape index (κ2) is 40.4. The maximum atomic E-state index is 13.7. The average Bonchev–Trinajstić information content (AvgIpc) is 3.34. The maximum Gasteiger partial charge on any atom is 0.407 e. The molecule has 7 N–H and O–H groups in total. The number of carbonyl (C=O) groups is 8. The first-order chi connectivity index (χ1) is 36.9. The molecule has 0 aliphatic carbocycles. The molecular formula is C56H97N7O15. The highest BCUT2D eigenvalue weighted by atomic mass is 16.6. The monoisotopic (exact) mass is 1110 g/mol. The molecule has 0 aromatic heterocycles. The van der Waals surface area contributed by atoms with Crippen LogP contribution in [0.25, 0.3) is 0 Å². The Hall–Kier alpha value is -5.74. The van der Waals surface area contributed by atoms with Gasteiger partial charge < -0.3 is 70.4 Å². The summed E-state index contributed by atoms with van der Waals surface area (Å²) in [6.45, 7) is 17.5. The number of carbonyl (C=O) groups excluding carboxylic acids is 8. The van der Waals surface area contributed by atoms with Gasteiger partial charge in [0.05, 0.1) is 39.6 Å². The van der Waals surface area contributed by atoms with E-state index < -0.39 is 40.6 Å². The first-order valence-corrected chi connectivity index (χ1v) is 27.8. The summed E-state index contributed by atoms with van der Waals surface area (Å²) in [5.41, 5.74) is -2.23. The Morgan fingerprint density at radius 3 is 1.08 bits per heavy atom. The van der Waals surface area contributed by atoms with E-state index in [2.05, 4.69) is 37.2 Å². The highest BCUT2D eigenvalue weighted by molar-refractivity contribution is 5.78. The summed E-state index contributed by atoms with van der Waals surface area (Å²) < 4.78 is 39.2. The van der Waals surface area contributed by atoms with Crippen molar-refractivity contribution in [2.24, 2.45) is 0 Å². The Labute approximate surface area is 464 Å². The molecule has 0 aliphatic rings. The molecule has 0 bridgehead atoms. The van der Waals surface area contributed by atoms with E-state index in [4.69, 9.17) is 33.2 Å². The van der Waals surface area contributed by atoms with Crippen LogP contribution in [-0.2, 0) is 63.7 Å². The van der Waals surface area contributed by atoms with Crippen LogP contribution in [0.4, 0.5) is 14.4 Å². The largest absolute Gasteiger partial charge is 0.461 e. The lowest BCUT2D eigenvalue weighted by atomic mass is 10.0. The fourth-order valence-corrected chi connectivity index (χ4v) is 7.04. The molecule has 0 spiro atoms. The van der Waals surface area contributed by atoms with Crippen LogP contribution in [0.15, 0.2) is 30.3 Å². The third-order valence-electron chi connectivity index (χ3n) is 10.8. The van der Waals surface area contributed by atoms with Gasteiger partial charge in [-0.15, -0.1) is 0 Å². The molecule has 22 heteroatoms. The smallest absolute Gasteiger partial charge is 0.407 e. The zero-order chi connectivity index (χ0) is 58.1. The molecule has 0 saturated heterocycles. The Kier molecular flexibility index (Phi) is 36.4. The van der Waals surface area contributed by atoms with Crippen molar-refractivity contribution in [3.63, 3.8) is 0 Å². The molecule has 0 atom stereocenters. The van der Waals surface area contributed by atoms with Crippen LogP contribution in [0.1, 0.15) is 171 Å². The van der Waals surface area contributed by atoms with E-state index in [9.17, 15) is 38.4 Å². The normalized spacial score (nSPS) is 11.7. The van der Waals surface area contributed by atoms with Gasteiger partial charge in [0.2, 0.25) is 23.6 Å². The average molecular weight is 1110 g/mol. The summed E-state index contributed by atoms with van der Waals surface area (Å²) in [4.78, 5) is 99.9. The highest BCUT2D eigenvalue weighted by Gasteiger charge is 2.34. The van der Waals surface area contributed by atoms with Gasteiger partial charge in [-0.05, 0) is 100.0 Å². The van der Waals surface area contributed by atoms with Crippen LogP contribution in [0, 0.1) is 0 Å². The lowest BCUT2D eigenvalue weighted by molar-refractivity contribution is -0.145. The Bertz CT molecular complexity index is 1740. The SMILES string of the molecule is CC(C)(C)OC(=O)NCCCNC(=O)CCOCC(COCCC(=O)NCCCNC(=O)OC(C)(C)C)(COCCC(=O)NCCCNC(=O)OC(C)(C)C)NC(=O)CCCCCCCCCCC(=O)OCc1ccccc1. The number of unbranched alkanes of at least 4 members (excludes halogenated alkanes) is 7. The molecule has 0 radical (unpaired) electrons. The Balaban J connectivity index is 2.89. The summed E-state index contributed by atoms with van der Waals surface area (Å²) in [5, 5.41) is 19.4. The third-order valence-corrected chi connectivity index (χ3v) is 10.8. The molecule has 1 aromatic carbocycles. The van der Waals surface area contributed by atoms with Crippen LogP contribution in [0.2, 0.25) is 0 Å². The molecule has 0 unspecified atom stereocenters. The lowest BCUT2D eigenvalue weighted by Gasteiger charge is -2.34. The number of amides is 7. The van der Waals surface area contributed by atoms with Crippen LogP contribution in [-0.4, -0.2) is 149 Å².